The number of para-hydroxylation sites is 1. The van der Waals surface area contributed by atoms with Gasteiger partial charge in [0.1, 0.15) is 5.75 Å². The van der Waals surface area contributed by atoms with Crippen LogP contribution in [-0.4, -0.2) is 47.4 Å². The third kappa shape index (κ3) is 3.26. The lowest BCUT2D eigenvalue weighted by Crippen LogP contribution is -2.66. The highest BCUT2D eigenvalue weighted by molar-refractivity contribution is 6.13. The number of carbonyl (C=O) groups excluding carboxylic acids is 3. The Morgan fingerprint density at radius 3 is 2.33 bits per heavy atom. The van der Waals surface area contributed by atoms with E-state index in [2.05, 4.69) is 0 Å². The molecule has 0 spiro atoms. The molecule has 1 atom stereocenters. The van der Waals surface area contributed by atoms with E-state index < -0.39 is 40.9 Å². The zero-order valence-electron chi connectivity index (χ0n) is 16.9. The minimum atomic E-state index is -5.22. The van der Waals surface area contributed by atoms with Gasteiger partial charge in [0.2, 0.25) is 5.54 Å². The summed E-state index contributed by atoms with van der Waals surface area (Å²) in [7, 11) is 1.28. The molecule has 0 radical (unpaired) electrons. The minimum absolute atomic E-state index is 0.0514. The van der Waals surface area contributed by atoms with Crippen LogP contribution in [0.25, 0.3) is 0 Å². The molecule has 1 N–H and O–H groups in total. The lowest BCUT2D eigenvalue weighted by molar-refractivity contribution is -0.191. The molecule has 0 unspecified atom stereocenters. The number of hydrogen-bond acceptors (Lipinski definition) is 4. The summed E-state index contributed by atoms with van der Waals surface area (Å²) in [5.74, 6) is -3.36. The van der Waals surface area contributed by atoms with Crippen LogP contribution in [0.2, 0.25) is 0 Å². The summed E-state index contributed by atoms with van der Waals surface area (Å²) in [6, 6.07) is 5.30. The molecule has 9 heteroatoms. The van der Waals surface area contributed by atoms with Gasteiger partial charge in [-0.2, -0.15) is 13.2 Å². The third-order valence-corrected chi connectivity index (χ3v) is 5.76. The quantitative estimate of drug-likeness (QED) is 0.787. The number of amides is 2. The standard InChI is InChI=1S/C21H23F3N2O4/c1-12-17(13(2)27)20(21(22,23)24,19(29)26(12)14-8-4-5-9-14)25-18(28)15-10-6-7-11-16(15)30-3/h6-7,10-11,14H,4-5,8-9H2,1-3H3,(H,25,28)/t20-/m1/s1. The smallest absolute Gasteiger partial charge is 0.425 e. The number of allylic oxidation sites excluding steroid dienone is 1. The number of methoxy groups -OCH3 is 1. The van der Waals surface area contributed by atoms with Crippen LogP contribution in [0.3, 0.4) is 0 Å². The van der Waals surface area contributed by atoms with Crippen molar-refractivity contribution >= 4 is 17.6 Å². The Morgan fingerprint density at radius 1 is 1.20 bits per heavy atom. The minimum Gasteiger partial charge on any atom is -0.496 e. The first-order valence-corrected chi connectivity index (χ1v) is 9.64. The Hall–Kier alpha value is -2.84. The van der Waals surface area contributed by atoms with E-state index in [1.807, 2.05) is 5.32 Å². The van der Waals surface area contributed by atoms with Crippen molar-refractivity contribution in [1.29, 1.82) is 0 Å². The van der Waals surface area contributed by atoms with Crippen molar-refractivity contribution in [3.05, 3.63) is 41.1 Å². The van der Waals surface area contributed by atoms with Crippen LogP contribution in [0.5, 0.6) is 5.75 Å². The Bertz CT molecular complexity index is 919. The number of halogens is 3. The normalized spacial score (nSPS) is 22.6. The van der Waals surface area contributed by atoms with E-state index in [4.69, 9.17) is 4.74 Å². The van der Waals surface area contributed by atoms with Gasteiger partial charge in [0.15, 0.2) is 5.78 Å². The molecular formula is C21H23F3N2O4. The number of nitrogens with one attached hydrogen (secondary N) is 1. The van der Waals surface area contributed by atoms with Crippen molar-refractivity contribution in [2.24, 2.45) is 0 Å². The number of benzene rings is 1. The van der Waals surface area contributed by atoms with Crippen molar-refractivity contribution in [2.75, 3.05) is 7.11 Å². The first kappa shape index (κ1) is 21.9. The highest BCUT2D eigenvalue weighted by Crippen LogP contribution is 2.47. The molecule has 0 bridgehead atoms. The van der Waals surface area contributed by atoms with Gasteiger partial charge >= 0.3 is 6.18 Å². The van der Waals surface area contributed by atoms with Gasteiger partial charge in [-0.1, -0.05) is 25.0 Å². The lowest BCUT2D eigenvalue weighted by Gasteiger charge is -2.34. The molecule has 6 nitrogen and oxygen atoms in total. The second-order valence-electron chi connectivity index (χ2n) is 7.53. The Labute approximate surface area is 172 Å². The number of ketones is 1. The van der Waals surface area contributed by atoms with Gasteiger partial charge in [0.25, 0.3) is 11.8 Å². The highest BCUT2D eigenvalue weighted by Gasteiger charge is 2.70. The average molecular weight is 424 g/mol. The summed E-state index contributed by atoms with van der Waals surface area (Å²) in [6.07, 6.45) is -2.57. The van der Waals surface area contributed by atoms with Crippen LogP contribution in [0.4, 0.5) is 13.2 Å². The molecule has 1 saturated carbocycles. The first-order chi connectivity index (χ1) is 14.1. The fraction of sp³-hybridized carbons (Fsp3) is 0.476. The number of nitrogens with zero attached hydrogens (tertiary/aromatic N) is 1. The van der Waals surface area contributed by atoms with Crippen LogP contribution in [0.15, 0.2) is 35.5 Å². The maximum absolute atomic E-state index is 14.5. The molecule has 162 valence electrons. The second-order valence-corrected chi connectivity index (χ2v) is 7.53. The summed E-state index contributed by atoms with van der Waals surface area (Å²) in [6.45, 7) is 2.30. The van der Waals surface area contributed by atoms with Gasteiger partial charge in [-0.05, 0) is 38.8 Å². The molecule has 0 saturated heterocycles. The van der Waals surface area contributed by atoms with Crippen LogP contribution in [0, 0.1) is 0 Å². The highest BCUT2D eigenvalue weighted by atomic mass is 19.4. The number of Topliss-reactive ketones (excluding diaryl/α,β-unsaturated/α-hetero) is 1. The molecule has 3 rings (SSSR count). The van der Waals surface area contributed by atoms with Crippen molar-refractivity contribution in [2.45, 2.75) is 57.3 Å². The SMILES string of the molecule is COc1ccccc1C(=O)N[C@@]1(C(F)(F)F)C(=O)N(C2CCCC2)C(C)=C1C(C)=O. The molecule has 1 aliphatic heterocycles. The van der Waals surface area contributed by atoms with E-state index in [9.17, 15) is 27.6 Å². The first-order valence-electron chi connectivity index (χ1n) is 9.64. The summed E-state index contributed by atoms with van der Waals surface area (Å²) in [5, 5.41) is 1.87. The summed E-state index contributed by atoms with van der Waals surface area (Å²) in [5.41, 5.74) is -4.41. The van der Waals surface area contributed by atoms with Crippen molar-refractivity contribution in [1.82, 2.24) is 10.2 Å². The molecule has 1 aromatic rings. The summed E-state index contributed by atoms with van der Waals surface area (Å²) < 4.78 is 48.5. The van der Waals surface area contributed by atoms with Gasteiger partial charge in [-0.15, -0.1) is 0 Å². The monoisotopic (exact) mass is 424 g/mol. The van der Waals surface area contributed by atoms with Crippen molar-refractivity contribution in [3.8, 4) is 5.75 Å². The number of carbonyl (C=O) groups is 3. The molecule has 2 aliphatic rings. The zero-order chi connectivity index (χ0) is 22.3. The number of ether oxygens (including phenoxy) is 1. The summed E-state index contributed by atoms with van der Waals surface area (Å²) in [4.78, 5) is 39.6. The predicted molar refractivity (Wildman–Crippen MR) is 102 cm³/mol. The Kier molecular flexibility index (Phi) is 5.66. The van der Waals surface area contributed by atoms with Crippen LogP contribution in [-0.2, 0) is 9.59 Å². The maximum Gasteiger partial charge on any atom is 0.425 e. The average Bonchev–Trinajstić information content (AvgIpc) is 3.26. The number of rotatable bonds is 5. The van der Waals surface area contributed by atoms with Gasteiger partial charge < -0.3 is 15.0 Å². The van der Waals surface area contributed by atoms with Crippen LogP contribution >= 0.6 is 0 Å². The fourth-order valence-electron chi connectivity index (χ4n) is 4.47. The Balaban J connectivity index is 2.15. The number of alkyl halides is 3. The molecule has 30 heavy (non-hydrogen) atoms. The van der Waals surface area contributed by atoms with Gasteiger partial charge in [0.05, 0.1) is 18.2 Å². The zero-order valence-corrected chi connectivity index (χ0v) is 16.9. The van der Waals surface area contributed by atoms with E-state index in [-0.39, 0.29) is 17.0 Å². The van der Waals surface area contributed by atoms with Gasteiger partial charge in [-0.3, -0.25) is 14.4 Å². The van der Waals surface area contributed by atoms with E-state index in [1.54, 1.807) is 6.07 Å². The van der Waals surface area contributed by atoms with E-state index in [0.717, 1.165) is 24.7 Å². The van der Waals surface area contributed by atoms with Gasteiger partial charge in [0, 0.05) is 11.7 Å². The molecule has 1 fully saturated rings. The topological polar surface area (TPSA) is 75.7 Å². The molecule has 1 heterocycles. The largest absolute Gasteiger partial charge is 0.496 e. The molecule has 0 aromatic heterocycles. The lowest BCUT2D eigenvalue weighted by atomic mass is 9.86. The van der Waals surface area contributed by atoms with E-state index in [0.29, 0.717) is 12.8 Å². The summed E-state index contributed by atoms with van der Waals surface area (Å²) >= 11 is 0. The Morgan fingerprint density at radius 2 is 1.80 bits per heavy atom. The molecular weight excluding hydrogens is 401 g/mol. The predicted octanol–water partition coefficient (Wildman–Crippen LogP) is 3.37. The second kappa shape index (κ2) is 7.77. The third-order valence-electron chi connectivity index (χ3n) is 5.76. The van der Waals surface area contributed by atoms with E-state index in [1.165, 1.54) is 32.2 Å². The van der Waals surface area contributed by atoms with Gasteiger partial charge in [-0.25, -0.2) is 0 Å². The van der Waals surface area contributed by atoms with E-state index >= 15 is 0 Å². The molecule has 1 aliphatic carbocycles. The maximum atomic E-state index is 14.5. The van der Waals surface area contributed by atoms with Crippen LogP contribution in [0.1, 0.15) is 49.9 Å². The van der Waals surface area contributed by atoms with Crippen molar-refractivity contribution in [3.63, 3.8) is 0 Å². The number of hydrogen-bond donors (Lipinski definition) is 1. The van der Waals surface area contributed by atoms with Crippen molar-refractivity contribution < 1.29 is 32.3 Å². The fourth-order valence-corrected chi connectivity index (χ4v) is 4.47. The molecule has 2 amide bonds. The molecule has 1 aromatic carbocycles. The van der Waals surface area contributed by atoms with Crippen LogP contribution < -0.4 is 10.1 Å².